The quantitative estimate of drug-likeness (QED) is 0.719. The van der Waals surface area contributed by atoms with Crippen LogP contribution in [0.15, 0.2) is 61.2 Å². The van der Waals surface area contributed by atoms with Gasteiger partial charge in [0.05, 0.1) is 11.6 Å². The van der Waals surface area contributed by atoms with Crippen LogP contribution in [0.4, 0.5) is 5.82 Å². The van der Waals surface area contributed by atoms with E-state index in [2.05, 4.69) is 25.6 Å². The predicted molar refractivity (Wildman–Crippen MR) is 96.5 cm³/mol. The lowest BCUT2D eigenvalue weighted by Crippen LogP contribution is -2.24. The first-order chi connectivity index (χ1) is 13.2. The number of benzene rings is 1. The van der Waals surface area contributed by atoms with Gasteiger partial charge in [-0.15, -0.1) is 0 Å². The molecule has 27 heavy (non-hydrogen) atoms. The van der Waals surface area contributed by atoms with Crippen molar-refractivity contribution in [3.8, 4) is 6.07 Å². The number of nitriles is 1. The van der Waals surface area contributed by atoms with Gasteiger partial charge < -0.3 is 10.6 Å². The molecule has 0 spiro atoms. The summed E-state index contributed by atoms with van der Waals surface area (Å²) in [6.45, 7) is 0.285. The van der Waals surface area contributed by atoms with Crippen molar-refractivity contribution in [2.45, 2.75) is 6.54 Å². The van der Waals surface area contributed by atoms with Crippen LogP contribution < -0.4 is 10.6 Å². The van der Waals surface area contributed by atoms with Crippen molar-refractivity contribution in [2.24, 2.45) is 0 Å². The fraction of sp³-hybridized carbons (Fsp3) is 0.0526. The highest BCUT2D eigenvalue weighted by Gasteiger charge is 2.11. The number of nitrogens with one attached hydrogen (secondary N) is 2. The summed E-state index contributed by atoms with van der Waals surface area (Å²) in [6.07, 6.45) is 4.23. The van der Waals surface area contributed by atoms with Crippen LogP contribution in [-0.2, 0) is 6.54 Å². The molecule has 132 valence electrons. The van der Waals surface area contributed by atoms with Crippen molar-refractivity contribution >= 4 is 17.6 Å². The smallest absolute Gasteiger partial charge is 0.270 e. The lowest BCUT2D eigenvalue weighted by atomic mass is 10.1. The molecule has 8 nitrogen and oxygen atoms in total. The Morgan fingerprint density at radius 3 is 2.44 bits per heavy atom. The maximum absolute atomic E-state index is 12.3. The van der Waals surface area contributed by atoms with Gasteiger partial charge in [-0.05, 0) is 29.8 Å². The Kier molecular flexibility index (Phi) is 5.45. The predicted octanol–water partition coefficient (Wildman–Crippen LogP) is 1.93. The summed E-state index contributed by atoms with van der Waals surface area (Å²) in [5.41, 5.74) is 1.96. The van der Waals surface area contributed by atoms with Gasteiger partial charge in [0.1, 0.15) is 17.8 Å². The zero-order chi connectivity index (χ0) is 19.1. The number of pyridine rings is 1. The number of rotatable bonds is 5. The summed E-state index contributed by atoms with van der Waals surface area (Å²) in [5, 5.41) is 14.1. The maximum Gasteiger partial charge on any atom is 0.270 e. The molecule has 2 heterocycles. The summed E-state index contributed by atoms with van der Waals surface area (Å²) in [6, 6.07) is 13.5. The van der Waals surface area contributed by atoms with Crippen LogP contribution in [0.3, 0.4) is 0 Å². The van der Waals surface area contributed by atoms with Crippen LogP contribution in [0.2, 0.25) is 0 Å². The average Bonchev–Trinajstić information content (AvgIpc) is 2.73. The second-order valence-electron chi connectivity index (χ2n) is 5.47. The van der Waals surface area contributed by atoms with E-state index in [1.54, 1.807) is 36.4 Å². The van der Waals surface area contributed by atoms with Gasteiger partial charge >= 0.3 is 0 Å². The zero-order valence-corrected chi connectivity index (χ0v) is 14.1. The summed E-state index contributed by atoms with van der Waals surface area (Å²) in [4.78, 5) is 36.1. The maximum atomic E-state index is 12.3. The minimum atomic E-state index is -0.402. The van der Waals surface area contributed by atoms with Crippen molar-refractivity contribution in [3.05, 3.63) is 83.6 Å². The fourth-order valence-corrected chi connectivity index (χ4v) is 2.21. The molecule has 0 fully saturated rings. The van der Waals surface area contributed by atoms with Crippen LogP contribution >= 0.6 is 0 Å². The van der Waals surface area contributed by atoms with Crippen molar-refractivity contribution in [1.29, 1.82) is 5.26 Å². The molecule has 0 aliphatic heterocycles. The Bertz CT molecular complexity index is 997. The highest BCUT2D eigenvalue weighted by Crippen LogP contribution is 2.08. The van der Waals surface area contributed by atoms with Gasteiger partial charge in [-0.3, -0.25) is 14.6 Å². The Morgan fingerprint density at radius 1 is 1.00 bits per heavy atom. The number of hydrogen-bond donors (Lipinski definition) is 2. The van der Waals surface area contributed by atoms with Crippen LogP contribution in [0, 0.1) is 11.3 Å². The Labute approximate surface area is 154 Å². The largest absolute Gasteiger partial charge is 0.347 e. The lowest BCUT2D eigenvalue weighted by molar-refractivity contribution is 0.0944. The Morgan fingerprint density at radius 2 is 1.74 bits per heavy atom. The molecule has 0 radical (unpaired) electrons. The van der Waals surface area contributed by atoms with Crippen LogP contribution in [0.25, 0.3) is 0 Å². The van der Waals surface area contributed by atoms with E-state index in [9.17, 15) is 9.59 Å². The molecule has 0 saturated heterocycles. The average molecular weight is 358 g/mol. The molecule has 8 heteroatoms. The number of hydrogen-bond acceptors (Lipinski definition) is 6. The molecule has 0 aliphatic carbocycles. The summed E-state index contributed by atoms with van der Waals surface area (Å²) >= 11 is 0. The molecule has 2 amide bonds. The van der Waals surface area contributed by atoms with Crippen molar-refractivity contribution < 1.29 is 9.59 Å². The second-order valence-corrected chi connectivity index (χ2v) is 5.47. The molecule has 3 rings (SSSR count). The highest BCUT2D eigenvalue weighted by atomic mass is 16.2. The van der Waals surface area contributed by atoms with Gasteiger partial charge in [0, 0.05) is 30.6 Å². The molecule has 0 atom stereocenters. The van der Waals surface area contributed by atoms with Gasteiger partial charge in [-0.1, -0.05) is 12.1 Å². The van der Waals surface area contributed by atoms with Crippen molar-refractivity contribution in [2.75, 3.05) is 5.32 Å². The van der Waals surface area contributed by atoms with E-state index in [4.69, 9.17) is 5.26 Å². The third-order valence-corrected chi connectivity index (χ3v) is 3.62. The molecule has 1 aromatic carbocycles. The third kappa shape index (κ3) is 4.70. The van der Waals surface area contributed by atoms with E-state index in [-0.39, 0.29) is 24.0 Å². The van der Waals surface area contributed by atoms with Crippen LogP contribution in [-0.4, -0.2) is 26.8 Å². The molecule has 0 aliphatic rings. The fourth-order valence-electron chi connectivity index (χ4n) is 2.21. The number of amides is 2. The zero-order valence-electron chi connectivity index (χ0n) is 14.1. The van der Waals surface area contributed by atoms with E-state index in [0.717, 1.165) is 5.56 Å². The van der Waals surface area contributed by atoms with E-state index >= 15 is 0 Å². The molecule has 0 saturated carbocycles. The number of anilines is 1. The molecule has 2 N–H and O–H groups in total. The summed E-state index contributed by atoms with van der Waals surface area (Å²) in [5.74, 6) is -0.545. The minimum absolute atomic E-state index is 0.128. The summed E-state index contributed by atoms with van der Waals surface area (Å²) in [7, 11) is 0. The first-order valence-electron chi connectivity index (χ1n) is 7.96. The van der Waals surface area contributed by atoms with Gasteiger partial charge in [0.25, 0.3) is 11.8 Å². The first kappa shape index (κ1) is 17.7. The minimum Gasteiger partial charge on any atom is -0.347 e. The molecule has 0 bridgehead atoms. The topological polar surface area (TPSA) is 121 Å². The first-order valence-corrected chi connectivity index (χ1v) is 7.96. The standard InChI is InChI=1S/C19H14N6O2/c20-10-13-1-3-14(4-2-13)11-22-19(27)16-9-17(24-12-23-16)25-18(26)15-5-7-21-8-6-15/h1-9,12H,11H2,(H,22,27)(H,23,24,25,26). The highest BCUT2D eigenvalue weighted by molar-refractivity contribution is 6.04. The number of carbonyl (C=O) groups excluding carboxylic acids is 2. The monoisotopic (exact) mass is 358 g/mol. The van der Waals surface area contributed by atoms with Gasteiger partial charge in [0.15, 0.2) is 0 Å². The van der Waals surface area contributed by atoms with E-state index in [1.165, 1.54) is 24.8 Å². The Hall–Kier alpha value is -4.12. The normalized spacial score (nSPS) is 9.89. The number of nitrogens with zero attached hydrogens (tertiary/aromatic N) is 4. The van der Waals surface area contributed by atoms with E-state index in [1.807, 2.05) is 6.07 Å². The molecule has 0 unspecified atom stereocenters. The van der Waals surface area contributed by atoms with Gasteiger partial charge in [-0.25, -0.2) is 9.97 Å². The molecular formula is C19H14N6O2. The van der Waals surface area contributed by atoms with Crippen molar-refractivity contribution in [1.82, 2.24) is 20.3 Å². The number of carbonyl (C=O) groups is 2. The summed E-state index contributed by atoms with van der Waals surface area (Å²) < 4.78 is 0. The molecule has 2 aromatic heterocycles. The molecular weight excluding hydrogens is 344 g/mol. The third-order valence-electron chi connectivity index (χ3n) is 3.62. The van der Waals surface area contributed by atoms with Crippen molar-refractivity contribution in [3.63, 3.8) is 0 Å². The molecule has 3 aromatic rings. The van der Waals surface area contributed by atoms with Crippen LogP contribution in [0.1, 0.15) is 32.0 Å². The van der Waals surface area contributed by atoms with E-state index < -0.39 is 5.91 Å². The van der Waals surface area contributed by atoms with Gasteiger partial charge in [0.2, 0.25) is 0 Å². The Balaban J connectivity index is 1.63. The van der Waals surface area contributed by atoms with Gasteiger partial charge in [-0.2, -0.15) is 5.26 Å². The lowest BCUT2D eigenvalue weighted by Gasteiger charge is -2.07. The van der Waals surface area contributed by atoms with Crippen LogP contribution in [0.5, 0.6) is 0 Å². The number of aromatic nitrogens is 3. The van der Waals surface area contributed by atoms with E-state index in [0.29, 0.717) is 11.1 Å². The second kappa shape index (κ2) is 8.31. The SMILES string of the molecule is N#Cc1ccc(CNC(=O)c2cc(NC(=O)c3ccncc3)ncn2)cc1.